The molecule has 1 N–H and O–H groups in total. The van der Waals surface area contributed by atoms with Gasteiger partial charge in [0.1, 0.15) is 0 Å². The first kappa shape index (κ1) is 17.7. The summed E-state index contributed by atoms with van der Waals surface area (Å²) in [6.45, 7) is 10.8. The molecule has 0 saturated heterocycles. The van der Waals surface area contributed by atoms with Gasteiger partial charge in [-0.1, -0.05) is 34.6 Å². The predicted octanol–water partition coefficient (Wildman–Crippen LogP) is 2.13. The van der Waals surface area contributed by atoms with Crippen LogP contribution in [0.25, 0.3) is 0 Å². The third-order valence-electron chi connectivity index (χ3n) is 1.78. The molecule has 1 aromatic rings. The van der Waals surface area contributed by atoms with E-state index in [0.29, 0.717) is 12.5 Å². The summed E-state index contributed by atoms with van der Waals surface area (Å²) in [6.07, 6.45) is 0. The first-order valence-corrected chi connectivity index (χ1v) is 5.22. The van der Waals surface area contributed by atoms with Crippen LogP contribution in [0.1, 0.15) is 45.0 Å². The molecule has 0 aliphatic carbocycles. The van der Waals surface area contributed by atoms with Crippen LogP contribution < -0.4 is 0 Å². The maximum atomic E-state index is 8.72. The van der Waals surface area contributed by atoms with E-state index in [1.54, 1.807) is 4.68 Å². The maximum absolute atomic E-state index is 8.72. The van der Waals surface area contributed by atoms with Gasteiger partial charge < -0.3 is 15.9 Å². The van der Waals surface area contributed by atoms with Gasteiger partial charge in [0.15, 0.2) is 0 Å². The molecule has 0 atom stereocenters. The van der Waals surface area contributed by atoms with Gasteiger partial charge in [0.25, 0.3) is 0 Å². The second-order valence-electron chi connectivity index (χ2n) is 3.20. The Bertz CT molecular complexity index is 259. The van der Waals surface area contributed by atoms with Crippen molar-refractivity contribution in [2.24, 2.45) is 0 Å². The number of aliphatic hydroxyl groups is 1. The van der Waals surface area contributed by atoms with Crippen molar-refractivity contribution in [2.75, 3.05) is 6.61 Å². The molecule has 4 heteroatoms. The average Bonchev–Trinajstić information content (AvgIpc) is 2.52. The Balaban J connectivity index is 0. The molecule has 3 nitrogen and oxygen atoms in total. The van der Waals surface area contributed by atoms with Gasteiger partial charge in [0.05, 0.1) is 13.2 Å². The third-order valence-corrected chi connectivity index (χ3v) is 1.78. The van der Waals surface area contributed by atoms with E-state index in [2.05, 4.69) is 25.0 Å². The van der Waals surface area contributed by atoms with Gasteiger partial charge in [-0.25, -0.2) is 5.10 Å². The molecule has 1 rings (SSSR count). The van der Waals surface area contributed by atoms with Gasteiger partial charge in [-0.05, 0) is 5.92 Å². The van der Waals surface area contributed by atoms with Crippen molar-refractivity contribution in [2.45, 2.75) is 47.1 Å². The van der Waals surface area contributed by atoms with Crippen molar-refractivity contribution in [1.82, 2.24) is 9.78 Å². The number of hydrogen-bond acceptors (Lipinski definition) is 2. The second-order valence-corrected chi connectivity index (χ2v) is 3.20. The molecular formula is C11H21N2OY-. The van der Waals surface area contributed by atoms with E-state index in [1.807, 2.05) is 20.8 Å². The Morgan fingerprint density at radius 1 is 1.40 bits per heavy atom. The fourth-order valence-electron chi connectivity index (χ4n) is 1.05. The molecular weight excluding hydrogens is 265 g/mol. The Hall–Kier alpha value is 0.274. The number of aryl methyl sites for hydroxylation is 1. The van der Waals surface area contributed by atoms with Crippen LogP contribution in [0, 0.1) is 13.0 Å². The summed E-state index contributed by atoms with van der Waals surface area (Å²) in [4.78, 5) is 0. The van der Waals surface area contributed by atoms with Gasteiger partial charge in [0.2, 0.25) is 0 Å². The number of aliphatic hydroxyl groups excluding tert-OH is 1. The quantitative estimate of drug-likeness (QED) is 0.864. The van der Waals surface area contributed by atoms with E-state index in [0.717, 1.165) is 11.4 Å². The van der Waals surface area contributed by atoms with E-state index < -0.39 is 0 Å². The number of rotatable bonds is 3. The molecule has 1 aromatic heterocycles. The van der Waals surface area contributed by atoms with Crippen LogP contribution in [0.3, 0.4) is 0 Å². The van der Waals surface area contributed by atoms with Gasteiger partial charge >= 0.3 is 0 Å². The molecule has 0 amide bonds. The molecule has 0 saturated carbocycles. The SMILES string of the molecule is CC.Cc1[c-]c(C(C)C)nn1CCO.[Y]. The van der Waals surface area contributed by atoms with Crippen LogP contribution in [0.2, 0.25) is 0 Å². The van der Waals surface area contributed by atoms with Crippen LogP contribution in [0.5, 0.6) is 0 Å². The number of nitrogens with zero attached hydrogens (tertiary/aromatic N) is 2. The van der Waals surface area contributed by atoms with Crippen LogP contribution in [-0.4, -0.2) is 21.5 Å². The van der Waals surface area contributed by atoms with E-state index in [9.17, 15) is 0 Å². The molecule has 0 fully saturated rings. The zero-order chi connectivity index (χ0) is 11.1. The third kappa shape index (κ3) is 5.79. The zero-order valence-corrected chi connectivity index (χ0v) is 13.2. The maximum Gasteiger partial charge on any atom is 0.0626 e. The summed E-state index contributed by atoms with van der Waals surface area (Å²) in [5, 5.41) is 13.0. The summed E-state index contributed by atoms with van der Waals surface area (Å²) < 4.78 is 1.79. The summed E-state index contributed by atoms with van der Waals surface area (Å²) in [6, 6.07) is 3.17. The molecule has 0 aliphatic heterocycles. The Kier molecular flexibility index (Phi) is 11.2. The molecule has 1 heterocycles. The molecule has 0 bridgehead atoms. The van der Waals surface area contributed by atoms with E-state index in [-0.39, 0.29) is 39.3 Å². The minimum atomic E-state index is 0. The fraction of sp³-hybridized carbons (Fsp3) is 0.727. The monoisotopic (exact) mass is 286 g/mol. The van der Waals surface area contributed by atoms with Gasteiger partial charge in [0, 0.05) is 32.7 Å². The molecule has 1 radical (unpaired) electrons. The van der Waals surface area contributed by atoms with Crippen LogP contribution in [0.4, 0.5) is 0 Å². The molecule has 15 heavy (non-hydrogen) atoms. The smallest absolute Gasteiger partial charge is 0.0626 e. The van der Waals surface area contributed by atoms with Crippen molar-refractivity contribution in [3.05, 3.63) is 17.5 Å². The zero-order valence-electron chi connectivity index (χ0n) is 10.4. The van der Waals surface area contributed by atoms with Crippen molar-refractivity contribution >= 4 is 0 Å². The second kappa shape index (κ2) is 9.50. The summed E-state index contributed by atoms with van der Waals surface area (Å²) in [5.74, 6) is 0.406. The Morgan fingerprint density at radius 2 is 1.93 bits per heavy atom. The van der Waals surface area contributed by atoms with Gasteiger partial charge in [-0.15, -0.1) is 11.4 Å². The molecule has 0 unspecified atom stereocenters. The van der Waals surface area contributed by atoms with Crippen molar-refractivity contribution in [3.8, 4) is 0 Å². The summed E-state index contributed by atoms with van der Waals surface area (Å²) in [7, 11) is 0. The van der Waals surface area contributed by atoms with Crippen LogP contribution in [-0.2, 0) is 39.3 Å². The first-order valence-electron chi connectivity index (χ1n) is 5.22. The van der Waals surface area contributed by atoms with E-state index in [1.165, 1.54) is 0 Å². The molecule has 85 valence electrons. The molecule has 0 aliphatic rings. The minimum Gasteiger partial charge on any atom is -0.425 e. The minimum absolute atomic E-state index is 0. The topological polar surface area (TPSA) is 38.0 Å². The number of hydrogen-bond donors (Lipinski definition) is 1. The summed E-state index contributed by atoms with van der Waals surface area (Å²) >= 11 is 0. The Labute approximate surface area is 118 Å². The average molecular weight is 286 g/mol. The fourth-order valence-corrected chi connectivity index (χ4v) is 1.05. The summed E-state index contributed by atoms with van der Waals surface area (Å²) in [5.41, 5.74) is 1.97. The van der Waals surface area contributed by atoms with Gasteiger partial charge in [-0.2, -0.15) is 0 Å². The predicted molar refractivity (Wildman–Crippen MR) is 58.3 cm³/mol. The molecule has 0 spiro atoms. The van der Waals surface area contributed by atoms with E-state index in [4.69, 9.17) is 5.11 Å². The number of aromatic nitrogens is 2. The first-order chi connectivity index (χ1) is 6.65. The van der Waals surface area contributed by atoms with Gasteiger partial charge in [-0.3, -0.25) is 0 Å². The normalized spacial score (nSPS) is 9.27. The Morgan fingerprint density at radius 3 is 2.27 bits per heavy atom. The van der Waals surface area contributed by atoms with E-state index >= 15 is 0 Å². The standard InChI is InChI=1S/C9H15N2O.C2H6.Y/c1-7(2)9-6-8(3)11(10-9)4-5-12;1-2;/h7,12H,4-5H2,1-3H3;1-2H3;/q-1;;. The van der Waals surface area contributed by atoms with Crippen LogP contribution in [0.15, 0.2) is 0 Å². The molecule has 0 aromatic carbocycles. The largest absolute Gasteiger partial charge is 0.425 e. The van der Waals surface area contributed by atoms with Crippen molar-refractivity contribution in [1.29, 1.82) is 0 Å². The van der Waals surface area contributed by atoms with Crippen LogP contribution >= 0.6 is 0 Å². The van der Waals surface area contributed by atoms with Crippen molar-refractivity contribution in [3.63, 3.8) is 0 Å². The van der Waals surface area contributed by atoms with Crippen molar-refractivity contribution < 1.29 is 37.8 Å².